The third kappa shape index (κ3) is 6.54. The van der Waals surface area contributed by atoms with E-state index in [-0.39, 0.29) is 5.96 Å². The fraction of sp³-hybridized carbons (Fsp3) is 0.111. The molecule has 30 heavy (non-hydrogen) atoms. The van der Waals surface area contributed by atoms with Crippen LogP contribution < -0.4 is 11.5 Å². The molecule has 0 saturated carbocycles. The molecule has 1 heterocycles. The summed E-state index contributed by atoms with van der Waals surface area (Å²) < 4.78 is 65.5. The Balaban J connectivity index is 0.000000575. The number of benzene rings is 2. The SMILES string of the molecule is CS(=O)(=O)O.NC(N)=NC(=O)c1cc2c(-c3cccc(C(F)(F)F)c3)cccc2s1. The number of rotatable bonds is 2. The Kier molecular flexibility index (Phi) is 6.85. The lowest BCUT2D eigenvalue weighted by Gasteiger charge is -2.09. The van der Waals surface area contributed by atoms with Crippen molar-refractivity contribution in [2.45, 2.75) is 6.18 Å². The average molecular weight is 459 g/mol. The van der Waals surface area contributed by atoms with Gasteiger partial charge in [0.05, 0.1) is 16.7 Å². The van der Waals surface area contributed by atoms with Crippen LogP contribution in [0.2, 0.25) is 0 Å². The van der Waals surface area contributed by atoms with Gasteiger partial charge in [-0.2, -0.15) is 26.6 Å². The zero-order valence-corrected chi connectivity index (χ0v) is 17.0. The van der Waals surface area contributed by atoms with Crippen LogP contribution in [0.5, 0.6) is 0 Å². The summed E-state index contributed by atoms with van der Waals surface area (Å²) in [7, 11) is -3.67. The van der Waals surface area contributed by atoms with Crippen LogP contribution in [0.15, 0.2) is 53.5 Å². The summed E-state index contributed by atoms with van der Waals surface area (Å²) in [6, 6.07) is 11.9. The van der Waals surface area contributed by atoms with Crippen molar-refractivity contribution in [2.24, 2.45) is 16.5 Å². The second-order valence-corrected chi connectivity index (χ2v) is 8.53. The smallest absolute Gasteiger partial charge is 0.370 e. The number of thiophene rings is 1. The quantitative estimate of drug-likeness (QED) is 0.305. The third-order valence-electron chi connectivity index (χ3n) is 3.50. The van der Waals surface area contributed by atoms with E-state index in [0.717, 1.165) is 16.8 Å². The molecule has 0 aliphatic heterocycles. The number of halogens is 3. The number of guanidine groups is 1. The van der Waals surface area contributed by atoms with Gasteiger partial charge in [0.25, 0.3) is 16.0 Å². The van der Waals surface area contributed by atoms with Crippen molar-refractivity contribution in [1.29, 1.82) is 0 Å². The minimum atomic E-state index is -4.42. The van der Waals surface area contributed by atoms with Crippen molar-refractivity contribution in [2.75, 3.05) is 6.26 Å². The Labute approximate surface area is 173 Å². The Morgan fingerprint density at radius 2 is 1.70 bits per heavy atom. The first kappa shape index (κ1) is 23.3. The Bertz CT molecular complexity index is 1210. The minimum absolute atomic E-state index is 0.308. The molecule has 0 radical (unpaired) electrons. The maximum Gasteiger partial charge on any atom is 0.416 e. The molecule has 1 amide bonds. The van der Waals surface area contributed by atoms with E-state index in [1.165, 1.54) is 17.4 Å². The largest absolute Gasteiger partial charge is 0.416 e. The maximum atomic E-state index is 12.9. The number of fused-ring (bicyclic) bond motifs is 1. The van der Waals surface area contributed by atoms with Crippen LogP contribution in [0.3, 0.4) is 0 Å². The Morgan fingerprint density at radius 3 is 2.27 bits per heavy atom. The molecule has 0 aliphatic rings. The summed E-state index contributed by atoms with van der Waals surface area (Å²) in [6.07, 6.45) is -3.71. The molecule has 0 spiro atoms. The number of alkyl halides is 3. The molecule has 5 N–H and O–H groups in total. The van der Waals surface area contributed by atoms with Crippen molar-refractivity contribution in [1.82, 2.24) is 0 Å². The molecule has 0 aliphatic carbocycles. The van der Waals surface area contributed by atoms with Gasteiger partial charge in [0.2, 0.25) is 0 Å². The predicted octanol–water partition coefficient (Wildman–Crippen LogP) is 3.50. The van der Waals surface area contributed by atoms with Gasteiger partial charge in [-0.05, 0) is 35.4 Å². The van der Waals surface area contributed by atoms with E-state index >= 15 is 0 Å². The van der Waals surface area contributed by atoms with Crippen LogP contribution in [-0.4, -0.2) is 31.1 Å². The van der Waals surface area contributed by atoms with E-state index in [1.54, 1.807) is 30.3 Å². The van der Waals surface area contributed by atoms with Gasteiger partial charge in [-0.1, -0.05) is 24.3 Å². The van der Waals surface area contributed by atoms with Gasteiger partial charge in [0.1, 0.15) is 0 Å². The highest BCUT2D eigenvalue weighted by atomic mass is 32.2. The first-order chi connectivity index (χ1) is 13.8. The topological polar surface area (TPSA) is 136 Å². The highest BCUT2D eigenvalue weighted by molar-refractivity contribution is 7.85. The lowest BCUT2D eigenvalue weighted by molar-refractivity contribution is -0.137. The molecular formula is C18H16F3N3O4S2. The summed E-state index contributed by atoms with van der Waals surface area (Å²) in [6.45, 7) is 0. The number of hydrogen-bond acceptors (Lipinski definition) is 4. The van der Waals surface area contributed by atoms with Crippen LogP contribution in [-0.2, 0) is 16.3 Å². The molecule has 0 unspecified atom stereocenters. The summed E-state index contributed by atoms with van der Waals surface area (Å²) in [5.41, 5.74) is 10.7. The fourth-order valence-electron chi connectivity index (χ4n) is 2.45. The lowest BCUT2D eigenvalue weighted by Crippen LogP contribution is -2.24. The highest BCUT2D eigenvalue weighted by Gasteiger charge is 2.30. The molecule has 160 valence electrons. The lowest BCUT2D eigenvalue weighted by atomic mass is 10.00. The van der Waals surface area contributed by atoms with Crippen LogP contribution in [0.25, 0.3) is 21.2 Å². The predicted molar refractivity (Wildman–Crippen MR) is 110 cm³/mol. The summed E-state index contributed by atoms with van der Waals surface area (Å²) in [4.78, 5) is 15.8. The Morgan fingerprint density at radius 1 is 1.10 bits per heavy atom. The molecule has 2 aromatic carbocycles. The molecule has 3 rings (SSSR count). The Hall–Kier alpha value is -2.96. The van der Waals surface area contributed by atoms with Crippen LogP contribution in [0, 0.1) is 0 Å². The van der Waals surface area contributed by atoms with E-state index in [4.69, 9.17) is 16.0 Å². The van der Waals surface area contributed by atoms with E-state index in [9.17, 15) is 26.4 Å². The number of nitrogens with two attached hydrogens (primary N) is 2. The summed E-state index contributed by atoms with van der Waals surface area (Å²) in [5.74, 6) is -0.934. The number of carbonyl (C=O) groups excluding carboxylic acids is 1. The number of aliphatic imine (C=N–C) groups is 1. The first-order valence-electron chi connectivity index (χ1n) is 8.02. The normalized spacial score (nSPS) is 11.5. The van der Waals surface area contributed by atoms with Crippen molar-refractivity contribution in [3.05, 3.63) is 59.0 Å². The van der Waals surface area contributed by atoms with Crippen molar-refractivity contribution in [3.8, 4) is 11.1 Å². The molecule has 1 aromatic heterocycles. The molecule has 0 saturated heterocycles. The van der Waals surface area contributed by atoms with E-state index < -0.39 is 27.8 Å². The second kappa shape index (κ2) is 8.81. The summed E-state index contributed by atoms with van der Waals surface area (Å²) in [5, 5.41) is 0.668. The minimum Gasteiger partial charge on any atom is -0.370 e. The third-order valence-corrected chi connectivity index (χ3v) is 4.59. The van der Waals surface area contributed by atoms with E-state index in [0.29, 0.717) is 27.6 Å². The van der Waals surface area contributed by atoms with Crippen LogP contribution >= 0.6 is 11.3 Å². The molecule has 0 bridgehead atoms. The van der Waals surface area contributed by atoms with Crippen molar-refractivity contribution < 1.29 is 30.9 Å². The zero-order chi connectivity index (χ0) is 22.7. The summed E-state index contributed by atoms with van der Waals surface area (Å²) >= 11 is 1.18. The number of nitrogens with zero attached hydrogens (tertiary/aromatic N) is 1. The molecule has 7 nitrogen and oxygen atoms in total. The number of carbonyl (C=O) groups is 1. The van der Waals surface area contributed by atoms with Gasteiger partial charge in [-0.15, -0.1) is 11.3 Å². The average Bonchev–Trinajstić information content (AvgIpc) is 3.03. The first-order valence-corrected chi connectivity index (χ1v) is 10.7. The molecule has 0 fully saturated rings. The second-order valence-electron chi connectivity index (χ2n) is 5.98. The molecule has 0 atom stereocenters. The molecule has 12 heteroatoms. The van der Waals surface area contributed by atoms with E-state index in [1.807, 2.05) is 0 Å². The monoisotopic (exact) mass is 459 g/mol. The van der Waals surface area contributed by atoms with E-state index in [2.05, 4.69) is 4.99 Å². The van der Waals surface area contributed by atoms with Crippen LogP contribution in [0.1, 0.15) is 15.2 Å². The maximum absolute atomic E-state index is 12.9. The van der Waals surface area contributed by atoms with Gasteiger partial charge >= 0.3 is 6.18 Å². The molecular weight excluding hydrogens is 443 g/mol. The van der Waals surface area contributed by atoms with Gasteiger partial charge < -0.3 is 11.5 Å². The van der Waals surface area contributed by atoms with Gasteiger partial charge in [-0.25, -0.2) is 0 Å². The number of amides is 1. The number of hydrogen-bond donors (Lipinski definition) is 3. The highest BCUT2D eigenvalue weighted by Crippen LogP contribution is 2.37. The van der Waals surface area contributed by atoms with Gasteiger partial charge in [-0.3, -0.25) is 9.35 Å². The molecule has 3 aromatic rings. The standard InChI is InChI=1S/C17H12F3N3OS.CH4O3S/c18-17(19,20)10-4-1-3-9(7-10)11-5-2-6-13-12(11)8-14(25-13)15(24)23-16(21)22;1-5(2,3)4/h1-8H,(H4,21,22,23,24);1H3,(H,2,3,4). The van der Waals surface area contributed by atoms with Gasteiger partial charge in [0.15, 0.2) is 5.96 Å². The fourth-order valence-corrected chi connectivity index (χ4v) is 3.43. The van der Waals surface area contributed by atoms with Crippen molar-refractivity contribution in [3.63, 3.8) is 0 Å². The van der Waals surface area contributed by atoms with Crippen molar-refractivity contribution >= 4 is 43.4 Å². The zero-order valence-electron chi connectivity index (χ0n) is 15.3. The van der Waals surface area contributed by atoms with Gasteiger partial charge in [0, 0.05) is 10.1 Å². The van der Waals surface area contributed by atoms with Crippen LogP contribution in [0.4, 0.5) is 13.2 Å².